The van der Waals surface area contributed by atoms with Crippen LogP contribution in [0.15, 0.2) is 30.7 Å². The van der Waals surface area contributed by atoms with Crippen LogP contribution in [0, 0.1) is 0 Å². The quantitative estimate of drug-likeness (QED) is 0.738. The Bertz CT molecular complexity index is 707. The fourth-order valence-electron chi connectivity index (χ4n) is 2.21. The average molecular weight is 241 g/mol. The van der Waals surface area contributed by atoms with Crippen LogP contribution in [0.5, 0.6) is 0 Å². The van der Waals surface area contributed by atoms with E-state index in [1.54, 1.807) is 4.68 Å². The van der Waals surface area contributed by atoms with Gasteiger partial charge in [-0.1, -0.05) is 6.07 Å². The van der Waals surface area contributed by atoms with Crippen LogP contribution in [0.3, 0.4) is 0 Å². The molecule has 18 heavy (non-hydrogen) atoms. The SMILES string of the molecule is Cn1cc(CN)c(-c2ccc3c(c2)ncn3C)n1. The first-order valence-electron chi connectivity index (χ1n) is 5.83. The molecule has 0 aliphatic heterocycles. The maximum Gasteiger partial charge on any atom is 0.0968 e. The van der Waals surface area contributed by atoms with Gasteiger partial charge < -0.3 is 10.3 Å². The molecule has 0 unspecified atom stereocenters. The molecule has 5 heteroatoms. The lowest BCUT2D eigenvalue weighted by atomic mass is 10.1. The second-order valence-electron chi connectivity index (χ2n) is 4.44. The highest BCUT2D eigenvalue weighted by Crippen LogP contribution is 2.25. The highest BCUT2D eigenvalue weighted by Gasteiger charge is 2.10. The number of aryl methyl sites for hydroxylation is 2. The van der Waals surface area contributed by atoms with Crippen molar-refractivity contribution in [3.05, 3.63) is 36.3 Å². The molecule has 0 saturated heterocycles. The zero-order valence-electron chi connectivity index (χ0n) is 10.5. The molecule has 2 aromatic heterocycles. The highest BCUT2D eigenvalue weighted by molar-refractivity contribution is 5.81. The summed E-state index contributed by atoms with van der Waals surface area (Å²) >= 11 is 0. The molecule has 2 heterocycles. The van der Waals surface area contributed by atoms with Crippen LogP contribution in [0.2, 0.25) is 0 Å². The van der Waals surface area contributed by atoms with Gasteiger partial charge in [0, 0.05) is 38.0 Å². The molecule has 0 spiro atoms. The Labute approximate surface area is 105 Å². The van der Waals surface area contributed by atoms with Crippen molar-refractivity contribution < 1.29 is 0 Å². The fourth-order valence-corrected chi connectivity index (χ4v) is 2.21. The Hall–Kier alpha value is -2.14. The lowest BCUT2D eigenvalue weighted by Gasteiger charge is -2.01. The zero-order chi connectivity index (χ0) is 12.7. The smallest absolute Gasteiger partial charge is 0.0968 e. The Morgan fingerprint density at radius 1 is 1.28 bits per heavy atom. The first-order chi connectivity index (χ1) is 8.69. The summed E-state index contributed by atoms with van der Waals surface area (Å²) in [7, 11) is 3.89. The minimum absolute atomic E-state index is 0.490. The molecule has 1 aromatic carbocycles. The maximum atomic E-state index is 5.74. The van der Waals surface area contributed by atoms with Gasteiger partial charge in [0.15, 0.2) is 0 Å². The molecule has 2 N–H and O–H groups in total. The molecule has 0 atom stereocenters. The van der Waals surface area contributed by atoms with Gasteiger partial charge in [-0.05, 0) is 12.1 Å². The Balaban J connectivity index is 2.18. The van der Waals surface area contributed by atoms with Gasteiger partial charge in [-0.2, -0.15) is 5.10 Å². The van der Waals surface area contributed by atoms with Crippen molar-refractivity contribution in [3.63, 3.8) is 0 Å². The second-order valence-corrected chi connectivity index (χ2v) is 4.44. The van der Waals surface area contributed by atoms with Crippen molar-refractivity contribution in [2.45, 2.75) is 6.54 Å². The third kappa shape index (κ3) is 1.60. The number of hydrogen-bond acceptors (Lipinski definition) is 3. The van der Waals surface area contributed by atoms with E-state index in [2.05, 4.69) is 28.3 Å². The van der Waals surface area contributed by atoms with Crippen LogP contribution >= 0.6 is 0 Å². The van der Waals surface area contributed by atoms with Crippen LogP contribution in [0.1, 0.15) is 5.56 Å². The van der Waals surface area contributed by atoms with Gasteiger partial charge >= 0.3 is 0 Å². The van der Waals surface area contributed by atoms with Crippen LogP contribution in [0.25, 0.3) is 22.3 Å². The van der Waals surface area contributed by atoms with Gasteiger partial charge in [0.25, 0.3) is 0 Å². The van der Waals surface area contributed by atoms with Crippen LogP contribution < -0.4 is 5.73 Å². The number of aromatic nitrogens is 4. The molecule has 0 aliphatic rings. The normalized spacial score (nSPS) is 11.3. The topological polar surface area (TPSA) is 61.7 Å². The number of nitrogens with zero attached hydrogens (tertiary/aromatic N) is 4. The molecular formula is C13H15N5. The van der Waals surface area contributed by atoms with Gasteiger partial charge in [0.1, 0.15) is 0 Å². The van der Waals surface area contributed by atoms with Gasteiger partial charge in [0.2, 0.25) is 0 Å². The van der Waals surface area contributed by atoms with Crippen molar-refractivity contribution in [2.24, 2.45) is 19.8 Å². The van der Waals surface area contributed by atoms with E-state index in [1.807, 2.05) is 31.2 Å². The lowest BCUT2D eigenvalue weighted by molar-refractivity contribution is 0.769. The summed E-state index contributed by atoms with van der Waals surface area (Å²) in [5.41, 5.74) is 10.9. The fraction of sp³-hybridized carbons (Fsp3) is 0.231. The molecule has 5 nitrogen and oxygen atoms in total. The maximum absolute atomic E-state index is 5.74. The predicted molar refractivity (Wildman–Crippen MR) is 70.8 cm³/mol. The van der Waals surface area contributed by atoms with Crippen molar-refractivity contribution in [2.75, 3.05) is 0 Å². The molecule has 3 aromatic rings. The third-order valence-corrected chi connectivity index (χ3v) is 3.12. The van der Waals surface area contributed by atoms with Gasteiger partial charge in [-0.3, -0.25) is 4.68 Å². The number of nitrogens with two attached hydrogens (primary N) is 1. The van der Waals surface area contributed by atoms with E-state index in [0.29, 0.717) is 6.54 Å². The monoisotopic (exact) mass is 241 g/mol. The Morgan fingerprint density at radius 3 is 2.89 bits per heavy atom. The van der Waals surface area contributed by atoms with Gasteiger partial charge in [0.05, 0.1) is 23.1 Å². The van der Waals surface area contributed by atoms with Crippen molar-refractivity contribution in [1.29, 1.82) is 0 Å². The van der Waals surface area contributed by atoms with E-state index >= 15 is 0 Å². The van der Waals surface area contributed by atoms with Crippen molar-refractivity contribution >= 4 is 11.0 Å². The first-order valence-corrected chi connectivity index (χ1v) is 5.83. The first kappa shape index (κ1) is 11.0. The summed E-state index contributed by atoms with van der Waals surface area (Å²) in [5.74, 6) is 0. The molecule has 0 amide bonds. The molecule has 92 valence electrons. The highest BCUT2D eigenvalue weighted by atomic mass is 15.3. The van der Waals surface area contributed by atoms with Crippen LogP contribution in [-0.4, -0.2) is 19.3 Å². The molecule has 0 radical (unpaired) electrons. The summed E-state index contributed by atoms with van der Waals surface area (Å²) in [6.45, 7) is 0.490. The standard InChI is InChI=1S/C13H15N5/c1-17-8-15-11-5-9(3-4-12(11)17)13-10(6-14)7-18(2)16-13/h3-5,7-8H,6,14H2,1-2H3. The molecule has 3 rings (SSSR count). The Morgan fingerprint density at radius 2 is 2.11 bits per heavy atom. The summed E-state index contributed by atoms with van der Waals surface area (Å²) < 4.78 is 3.79. The average Bonchev–Trinajstić information content (AvgIpc) is 2.93. The van der Waals surface area contributed by atoms with Crippen LogP contribution in [-0.2, 0) is 20.6 Å². The summed E-state index contributed by atoms with van der Waals surface area (Å²) in [4.78, 5) is 4.36. The number of benzene rings is 1. The number of rotatable bonds is 2. The molecule has 0 aliphatic carbocycles. The molecule has 0 saturated carbocycles. The second kappa shape index (κ2) is 3.96. The van der Waals surface area contributed by atoms with Gasteiger partial charge in [-0.15, -0.1) is 0 Å². The summed E-state index contributed by atoms with van der Waals surface area (Å²) in [6, 6.07) is 6.18. The Kier molecular flexibility index (Phi) is 2.41. The van der Waals surface area contributed by atoms with Crippen molar-refractivity contribution in [3.8, 4) is 11.3 Å². The minimum atomic E-state index is 0.490. The third-order valence-electron chi connectivity index (χ3n) is 3.12. The largest absolute Gasteiger partial charge is 0.334 e. The van der Waals surface area contributed by atoms with E-state index in [4.69, 9.17) is 5.73 Å². The lowest BCUT2D eigenvalue weighted by Crippen LogP contribution is -1.96. The molecule has 0 fully saturated rings. The van der Waals surface area contributed by atoms with E-state index in [-0.39, 0.29) is 0 Å². The zero-order valence-corrected chi connectivity index (χ0v) is 10.5. The van der Waals surface area contributed by atoms with Crippen LogP contribution in [0.4, 0.5) is 0 Å². The summed E-state index contributed by atoms with van der Waals surface area (Å²) in [5, 5.41) is 4.47. The van der Waals surface area contributed by atoms with E-state index in [0.717, 1.165) is 27.9 Å². The number of hydrogen-bond donors (Lipinski definition) is 1. The van der Waals surface area contributed by atoms with E-state index < -0.39 is 0 Å². The van der Waals surface area contributed by atoms with Gasteiger partial charge in [-0.25, -0.2) is 4.98 Å². The number of imidazole rings is 1. The van der Waals surface area contributed by atoms with Crippen molar-refractivity contribution in [1.82, 2.24) is 19.3 Å². The summed E-state index contributed by atoms with van der Waals surface area (Å²) in [6.07, 6.45) is 3.77. The van der Waals surface area contributed by atoms with E-state index in [1.165, 1.54) is 0 Å². The predicted octanol–water partition coefficient (Wildman–Crippen LogP) is 1.43. The number of fused-ring (bicyclic) bond motifs is 1. The molecule has 0 bridgehead atoms. The van der Waals surface area contributed by atoms with E-state index in [9.17, 15) is 0 Å². The molecular weight excluding hydrogens is 226 g/mol. The minimum Gasteiger partial charge on any atom is -0.334 e.